The molecule has 2 nitrogen and oxygen atoms in total. The van der Waals surface area contributed by atoms with Gasteiger partial charge in [0.25, 0.3) is 0 Å². The van der Waals surface area contributed by atoms with Crippen LogP contribution in [0.15, 0.2) is 176 Å². The molecule has 3 heterocycles. The van der Waals surface area contributed by atoms with Crippen LogP contribution in [0.5, 0.6) is 0 Å². The van der Waals surface area contributed by atoms with Crippen LogP contribution in [0.2, 0.25) is 0 Å². The summed E-state index contributed by atoms with van der Waals surface area (Å²) in [6.07, 6.45) is 0. The number of benzene rings is 8. The van der Waals surface area contributed by atoms with E-state index in [0.717, 1.165) is 0 Å². The first kappa shape index (κ1) is 28.3. The van der Waals surface area contributed by atoms with E-state index in [1.165, 1.54) is 103 Å². The molecule has 242 valence electrons. The number of para-hydroxylation sites is 3. The van der Waals surface area contributed by atoms with Gasteiger partial charge in [-0.25, -0.2) is 0 Å². The van der Waals surface area contributed by atoms with E-state index in [2.05, 4.69) is 185 Å². The van der Waals surface area contributed by atoms with Crippen LogP contribution in [0, 0.1) is 0 Å². The molecular weight excluding hydrogens is 649 g/mol. The van der Waals surface area contributed by atoms with Crippen molar-refractivity contribution in [1.29, 1.82) is 0 Å². The Morgan fingerprint density at radius 1 is 0.385 bits per heavy atom. The van der Waals surface area contributed by atoms with Gasteiger partial charge in [-0.3, -0.25) is 0 Å². The van der Waals surface area contributed by atoms with Crippen molar-refractivity contribution in [1.82, 2.24) is 9.13 Å². The molecule has 0 spiro atoms. The van der Waals surface area contributed by atoms with Crippen molar-refractivity contribution in [3.8, 4) is 22.5 Å². The van der Waals surface area contributed by atoms with Crippen molar-refractivity contribution >= 4 is 75.1 Å². The fourth-order valence-corrected chi connectivity index (χ4v) is 10.4. The largest absolute Gasteiger partial charge is 0.309 e. The maximum Gasteiger partial charge on any atom is 0.0719 e. The SMILES string of the molecule is c1ccc(-n2c3ccc(-n4c5ccccc5c5ccccc54)cc3c3ccc4c5cc(C6c7ccccc7-c7ccccc76)ccc5sc4c32)cc1. The van der Waals surface area contributed by atoms with Crippen LogP contribution < -0.4 is 0 Å². The predicted molar refractivity (Wildman–Crippen MR) is 221 cm³/mol. The molecule has 0 unspecified atom stereocenters. The van der Waals surface area contributed by atoms with Crippen molar-refractivity contribution in [2.24, 2.45) is 0 Å². The van der Waals surface area contributed by atoms with Gasteiger partial charge in [0.1, 0.15) is 0 Å². The molecule has 0 radical (unpaired) electrons. The summed E-state index contributed by atoms with van der Waals surface area (Å²) in [7, 11) is 0. The Morgan fingerprint density at radius 3 is 1.73 bits per heavy atom. The summed E-state index contributed by atoms with van der Waals surface area (Å²) in [4.78, 5) is 0. The summed E-state index contributed by atoms with van der Waals surface area (Å²) >= 11 is 1.92. The first-order valence-corrected chi connectivity index (χ1v) is 18.8. The van der Waals surface area contributed by atoms with Crippen molar-refractivity contribution in [3.05, 3.63) is 193 Å². The van der Waals surface area contributed by atoms with Gasteiger partial charge in [0.15, 0.2) is 0 Å². The number of aromatic nitrogens is 2. The molecule has 1 aliphatic carbocycles. The smallest absolute Gasteiger partial charge is 0.0719 e. The normalized spacial score (nSPS) is 12.9. The number of fused-ring (bicyclic) bond motifs is 13. The Kier molecular flexibility index (Phi) is 5.74. The molecule has 0 N–H and O–H groups in total. The van der Waals surface area contributed by atoms with E-state index >= 15 is 0 Å². The van der Waals surface area contributed by atoms with E-state index in [9.17, 15) is 0 Å². The quantitative estimate of drug-likeness (QED) is 0.176. The summed E-state index contributed by atoms with van der Waals surface area (Å²) in [5.41, 5.74) is 14.2. The lowest BCUT2D eigenvalue weighted by atomic mass is 9.88. The second-order valence-corrected chi connectivity index (χ2v) is 15.1. The molecule has 0 atom stereocenters. The van der Waals surface area contributed by atoms with E-state index in [-0.39, 0.29) is 5.92 Å². The minimum Gasteiger partial charge on any atom is -0.309 e. The van der Waals surface area contributed by atoms with Gasteiger partial charge in [0.05, 0.1) is 26.8 Å². The Morgan fingerprint density at radius 2 is 1.00 bits per heavy atom. The summed E-state index contributed by atoms with van der Waals surface area (Å²) in [5, 5.41) is 7.74. The molecule has 0 aliphatic heterocycles. The molecule has 0 saturated heterocycles. The molecular formula is C49H30N2S. The average molecular weight is 679 g/mol. The zero-order valence-corrected chi connectivity index (χ0v) is 28.9. The minimum atomic E-state index is 0.227. The van der Waals surface area contributed by atoms with Gasteiger partial charge < -0.3 is 9.13 Å². The zero-order valence-electron chi connectivity index (χ0n) is 28.1. The van der Waals surface area contributed by atoms with Gasteiger partial charge >= 0.3 is 0 Å². The van der Waals surface area contributed by atoms with Gasteiger partial charge in [-0.05, 0) is 82.4 Å². The van der Waals surface area contributed by atoms with Crippen LogP contribution in [0.4, 0.5) is 0 Å². The maximum absolute atomic E-state index is 2.49. The van der Waals surface area contributed by atoms with Gasteiger partial charge in [-0.15, -0.1) is 11.3 Å². The Bertz CT molecular complexity index is 3150. The molecule has 0 fully saturated rings. The molecule has 0 saturated carbocycles. The molecule has 0 amide bonds. The topological polar surface area (TPSA) is 9.86 Å². The van der Waals surface area contributed by atoms with E-state index < -0.39 is 0 Å². The summed E-state index contributed by atoms with van der Waals surface area (Å²) in [6, 6.07) is 65.2. The third-order valence-corrected chi connectivity index (χ3v) is 12.6. The van der Waals surface area contributed by atoms with Crippen molar-refractivity contribution in [3.63, 3.8) is 0 Å². The second kappa shape index (κ2) is 10.6. The number of nitrogens with zero attached hydrogens (tertiary/aromatic N) is 2. The van der Waals surface area contributed by atoms with Gasteiger partial charge in [0.2, 0.25) is 0 Å². The highest BCUT2D eigenvalue weighted by molar-refractivity contribution is 7.26. The van der Waals surface area contributed by atoms with Crippen molar-refractivity contribution in [2.45, 2.75) is 5.92 Å². The first-order valence-electron chi connectivity index (χ1n) is 18.0. The Labute approximate surface area is 304 Å². The second-order valence-electron chi connectivity index (χ2n) is 14.0. The fraction of sp³-hybridized carbons (Fsp3) is 0.0204. The van der Waals surface area contributed by atoms with E-state index in [0.29, 0.717) is 0 Å². The average Bonchev–Trinajstić information content (AvgIpc) is 3.94. The highest BCUT2D eigenvalue weighted by Gasteiger charge is 2.30. The summed E-state index contributed by atoms with van der Waals surface area (Å²) < 4.78 is 7.56. The lowest BCUT2D eigenvalue weighted by Gasteiger charge is -2.14. The summed E-state index contributed by atoms with van der Waals surface area (Å²) in [6.45, 7) is 0. The van der Waals surface area contributed by atoms with Crippen LogP contribution in [0.3, 0.4) is 0 Å². The van der Waals surface area contributed by atoms with Gasteiger partial charge in [0, 0.05) is 54.3 Å². The highest BCUT2D eigenvalue weighted by Crippen LogP contribution is 2.50. The van der Waals surface area contributed by atoms with Crippen LogP contribution in [0.1, 0.15) is 22.6 Å². The Balaban J connectivity index is 1.12. The molecule has 52 heavy (non-hydrogen) atoms. The number of thiophene rings is 1. The van der Waals surface area contributed by atoms with Gasteiger partial charge in [-0.1, -0.05) is 121 Å². The van der Waals surface area contributed by atoms with Crippen LogP contribution in [-0.4, -0.2) is 9.13 Å². The molecule has 12 rings (SSSR count). The zero-order chi connectivity index (χ0) is 33.9. The van der Waals surface area contributed by atoms with Crippen LogP contribution >= 0.6 is 11.3 Å². The fourth-order valence-electron chi connectivity index (χ4n) is 9.22. The lowest BCUT2D eigenvalue weighted by molar-refractivity contribution is 1.02. The standard InChI is InChI=1S/C49H30N2S/c1-2-12-31(13-3-1)51-45-26-23-32(50-43-20-10-8-16-35(43)36-17-9-11-21-44(36)50)29-41(45)39-24-25-40-42-28-30(22-27-46(42)52-49(40)48(39)51)47-37-18-6-4-14-33(37)34-15-5-7-19-38(34)47/h1-29,47H. The number of rotatable bonds is 3. The molecule has 0 bridgehead atoms. The molecule has 11 aromatic rings. The van der Waals surface area contributed by atoms with E-state index in [4.69, 9.17) is 0 Å². The Hall–Kier alpha value is -6.42. The van der Waals surface area contributed by atoms with Gasteiger partial charge in [-0.2, -0.15) is 0 Å². The number of hydrogen-bond donors (Lipinski definition) is 0. The lowest BCUT2D eigenvalue weighted by Crippen LogP contribution is -1.98. The minimum absolute atomic E-state index is 0.227. The van der Waals surface area contributed by atoms with Crippen molar-refractivity contribution < 1.29 is 0 Å². The molecule has 3 aromatic heterocycles. The third-order valence-electron chi connectivity index (χ3n) is 11.4. The molecule has 1 aliphatic rings. The molecule has 3 heteroatoms. The monoisotopic (exact) mass is 678 g/mol. The number of hydrogen-bond acceptors (Lipinski definition) is 1. The van der Waals surface area contributed by atoms with E-state index in [1.54, 1.807) is 0 Å². The molecule has 8 aromatic carbocycles. The summed E-state index contributed by atoms with van der Waals surface area (Å²) in [5.74, 6) is 0.227. The van der Waals surface area contributed by atoms with Crippen LogP contribution in [0.25, 0.3) is 86.3 Å². The highest BCUT2D eigenvalue weighted by atomic mass is 32.1. The van der Waals surface area contributed by atoms with Crippen molar-refractivity contribution in [2.75, 3.05) is 0 Å². The van der Waals surface area contributed by atoms with E-state index in [1.807, 2.05) is 11.3 Å². The van der Waals surface area contributed by atoms with Crippen LogP contribution in [-0.2, 0) is 0 Å². The third kappa shape index (κ3) is 3.78. The maximum atomic E-state index is 2.49. The first-order chi connectivity index (χ1) is 25.8. The predicted octanol–water partition coefficient (Wildman–Crippen LogP) is 13.4.